The summed E-state index contributed by atoms with van der Waals surface area (Å²) in [6.45, 7) is 3.38. The predicted molar refractivity (Wildman–Crippen MR) is 114 cm³/mol. The van der Waals surface area contributed by atoms with Gasteiger partial charge in [0.2, 0.25) is 0 Å². The number of aryl methyl sites for hydroxylation is 1. The van der Waals surface area contributed by atoms with E-state index in [0.717, 1.165) is 42.3 Å². The first-order valence-corrected chi connectivity index (χ1v) is 10.4. The van der Waals surface area contributed by atoms with Gasteiger partial charge in [0.25, 0.3) is 11.8 Å². The third-order valence-corrected chi connectivity index (χ3v) is 6.52. The second-order valence-corrected chi connectivity index (χ2v) is 8.23. The van der Waals surface area contributed by atoms with Gasteiger partial charge in [-0.3, -0.25) is 9.59 Å². The van der Waals surface area contributed by atoms with Gasteiger partial charge in [-0.25, -0.2) is 0 Å². The molecule has 29 heavy (non-hydrogen) atoms. The van der Waals surface area contributed by atoms with Crippen molar-refractivity contribution in [3.05, 3.63) is 65.9 Å². The van der Waals surface area contributed by atoms with Crippen molar-refractivity contribution < 1.29 is 9.59 Å². The molecule has 0 radical (unpaired) electrons. The first-order chi connectivity index (χ1) is 14.1. The second kappa shape index (κ2) is 6.76. The van der Waals surface area contributed by atoms with Crippen LogP contribution in [-0.4, -0.2) is 40.3 Å². The third-order valence-electron chi connectivity index (χ3n) is 6.52. The van der Waals surface area contributed by atoms with Crippen LogP contribution in [0, 0.1) is 6.92 Å². The lowest BCUT2D eigenvalue weighted by Gasteiger charge is -2.44. The molecule has 1 unspecified atom stereocenters. The number of nitrogens with zero attached hydrogens (tertiary/aromatic N) is 2. The highest BCUT2D eigenvalue weighted by atomic mass is 16.2. The quantitative estimate of drug-likeness (QED) is 0.714. The minimum absolute atomic E-state index is 0.0354. The van der Waals surface area contributed by atoms with Gasteiger partial charge in [0.1, 0.15) is 5.54 Å². The molecule has 1 N–H and O–H groups in total. The Hall–Kier alpha value is -3.08. The number of piperidine rings is 1. The lowest BCUT2D eigenvalue weighted by molar-refractivity contribution is -0.130. The SMILES string of the molecule is Cc1ccc(N2CCCC3(CCCN3C(=O)c3cccc4[nH]ccc34)C2=O)cc1. The Labute approximate surface area is 170 Å². The average molecular weight is 387 g/mol. The second-order valence-electron chi connectivity index (χ2n) is 8.23. The van der Waals surface area contributed by atoms with Gasteiger partial charge in [0, 0.05) is 41.4 Å². The number of nitrogens with one attached hydrogen (secondary N) is 1. The maximum Gasteiger partial charge on any atom is 0.255 e. The molecule has 148 valence electrons. The van der Waals surface area contributed by atoms with E-state index in [0.29, 0.717) is 18.7 Å². The fourth-order valence-corrected chi connectivity index (χ4v) is 5.03. The first kappa shape index (κ1) is 18.0. The number of carbonyl (C=O) groups is 2. The summed E-state index contributed by atoms with van der Waals surface area (Å²) in [6.07, 6.45) is 5.10. The van der Waals surface area contributed by atoms with Gasteiger partial charge in [-0.05, 0) is 62.9 Å². The number of benzene rings is 2. The van der Waals surface area contributed by atoms with Crippen LogP contribution in [0.2, 0.25) is 0 Å². The molecule has 5 nitrogen and oxygen atoms in total. The number of fused-ring (bicyclic) bond motifs is 1. The minimum atomic E-state index is -0.724. The summed E-state index contributed by atoms with van der Waals surface area (Å²) in [4.78, 5) is 34.2. The molecule has 2 fully saturated rings. The van der Waals surface area contributed by atoms with Gasteiger partial charge in [0.05, 0.1) is 0 Å². The standard InChI is InChI=1S/C24H25N3O2/c1-17-7-9-18(10-8-17)26-15-3-12-24(23(26)29)13-4-16-27(24)22(28)20-5-2-6-21-19(20)11-14-25-21/h2,5-11,14,25H,3-4,12-13,15-16H2,1H3. The van der Waals surface area contributed by atoms with Gasteiger partial charge in [0.15, 0.2) is 0 Å². The Kier molecular flexibility index (Phi) is 4.19. The van der Waals surface area contributed by atoms with Crippen LogP contribution in [0.5, 0.6) is 0 Å². The number of hydrogen-bond acceptors (Lipinski definition) is 2. The molecule has 2 aromatic carbocycles. The van der Waals surface area contributed by atoms with Crippen molar-refractivity contribution in [3.63, 3.8) is 0 Å². The Morgan fingerprint density at radius 3 is 2.55 bits per heavy atom. The minimum Gasteiger partial charge on any atom is -0.361 e. The lowest BCUT2D eigenvalue weighted by Crippen LogP contribution is -2.61. The van der Waals surface area contributed by atoms with Gasteiger partial charge >= 0.3 is 0 Å². The summed E-state index contributed by atoms with van der Waals surface area (Å²) in [5.74, 6) is 0.0338. The van der Waals surface area contributed by atoms with Crippen LogP contribution < -0.4 is 4.90 Å². The van der Waals surface area contributed by atoms with Crippen LogP contribution >= 0.6 is 0 Å². The maximum atomic E-state index is 13.7. The average Bonchev–Trinajstić information content (AvgIpc) is 3.38. The summed E-state index contributed by atoms with van der Waals surface area (Å²) in [7, 11) is 0. The summed E-state index contributed by atoms with van der Waals surface area (Å²) >= 11 is 0. The highest BCUT2D eigenvalue weighted by Gasteiger charge is 2.53. The van der Waals surface area contributed by atoms with Crippen LogP contribution in [0.25, 0.3) is 10.9 Å². The highest BCUT2D eigenvalue weighted by molar-refractivity contribution is 6.10. The van der Waals surface area contributed by atoms with Crippen molar-refractivity contribution in [2.24, 2.45) is 0 Å². The van der Waals surface area contributed by atoms with Crippen molar-refractivity contribution in [3.8, 4) is 0 Å². The molecule has 0 aliphatic carbocycles. The molecule has 3 heterocycles. The highest BCUT2D eigenvalue weighted by Crippen LogP contribution is 2.41. The zero-order valence-electron chi connectivity index (χ0n) is 16.6. The number of amides is 2. The molecule has 2 amide bonds. The largest absolute Gasteiger partial charge is 0.361 e. The molecule has 1 atom stereocenters. The Balaban J connectivity index is 1.51. The molecular formula is C24H25N3O2. The normalized spacial score (nSPS) is 22.0. The van der Waals surface area contributed by atoms with E-state index in [-0.39, 0.29) is 11.8 Å². The maximum absolute atomic E-state index is 13.7. The monoisotopic (exact) mass is 387 g/mol. The van der Waals surface area contributed by atoms with Crippen LogP contribution in [-0.2, 0) is 4.79 Å². The Bertz CT molecular complexity index is 1080. The summed E-state index contributed by atoms with van der Waals surface area (Å²) < 4.78 is 0. The predicted octanol–water partition coefficient (Wildman–Crippen LogP) is 4.28. The number of hydrogen-bond donors (Lipinski definition) is 1. The van der Waals surface area contributed by atoms with Crippen molar-refractivity contribution in [1.29, 1.82) is 0 Å². The van der Waals surface area contributed by atoms with Crippen LogP contribution in [0.4, 0.5) is 5.69 Å². The molecular weight excluding hydrogens is 362 g/mol. The molecule has 5 heteroatoms. The first-order valence-electron chi connectivity index (χ1n) is 10.4. The number of rotatable bonds is 2. The van der Waals surface area contributed by atoms with E-state index >= 15 is 0 Å². The number of aromatic nitrogens is 1. The number of anilines is 1. The van der Waals surface area contributed by atoms with E-state index in [1.165, 1.54) is 5.56 Å². The van der Waals surface area contributed by atoms with E-state index in [9.17, 15) is 9.59 Å². The zero-order chi connectivity index (χ0) is 20.0. The lowest BCUT2D eigenvalue weighted by atomic mass is 9.84. The van der Waals surface area contributed by atoms with Gasteiger partial charge in [-0.2, -0.15) is 0 Å². The molecule has 2 aliphatic heterocycles. The number of carbonyl (C=O) groups excluding carboxylic acids is 2. The van der Waals surface area contributed by atoms with E-state index in [1.54, 1.807) is 0 Å². The van der Waals surface area contributed by atoms with Crippen molar-refractivity contribution in [2.75, 3.05) is 18.0 Å². The van der Waals surface area contributed by atoms with Crippen molar-refractivity contribution in [2.45, 2.75) is 38.1 Å². The van der Waals surface area contributed by atoms with Crippen LogP contribution in [0.15, 0.2) is 54.7 Å². The van der Waals surface area contributed by atoms with Gasteiger partial charge < -0.3 is 14.8 Å². The molecule has 1 spiro atoms. The Morgan fingerprint density at radius 2 is 1.76 bits per heavy atom. The molecule has 2 aliphatic rings. The smallest absolute Gasteiger partial charge is 0.255 e. The number of aromatic amines is 1. The van der Waals surface area contributed by atoms with Crippen molar-refractivity contribution in [1.82, 2.24) is 9.88 Å². The number of H-pyrrole nitrogens is 1. The van der Waals surface area contributed by atoms with Gasteiger partial charge in [-0.1, -0.05) is 23.8 Å². The topological polar surface area (TPSA) is 56.4 Å². The van der Waals surface area contributed by atoms with Gasteiger partial charge in [-0.15, -0.1) is 0 Å². The summed E-state index contributed by atoms with van der Waals surface area (Å²) in [5, 5.41) is 0.915. The molecule has 3 aromatic rings. The van der Waals surface area contributed by atoms with E-state index in [4.69, 9.17) is 0 Å². The summed E-state index contributed by atoms with van der Waals surface area (Å²) in [5.41, 5.74) is 2.99. The van der Waals surface area contributed by atoms with E-state index in [2.05, 4.69) is 4.98 Å². The third kappa shape index (κ3) is 2.76. The van der Waals surface area contributed by atoms with Crippen molar-refractivity contribution >= 4 is 28.4 Å². The molecule has 1 aromatic heterocycles. The van der Waals surface area contributed by atoms with Crippen LogP contribution in [0.1, 0.15) is 41.6 Å². The van der Waals surface area contributed by atoms with Crippen LogP contribution in [0.3, 0.4) is 0 Å². The number of likely N-dealkylation sites (tertiary alicyclic amines) is 1. The Morgan fingerprint density at radius 1 is 1.00 bits per heavy atom. The molecule has 2 saturated heterocycles. The molecule has 0 bridgehead atoms. The fourth-order valence-electron chi connectivity index (χ4n) is 5.03. The fraction of sp³-hybridized carbons (Fsp3) is 0.333. The summed E-state index contributed by atoms with van der Waals surface area (Å²) in [6, 6.07) is 15.8. The molecule has 0 saturated carbocycles. The molecule has 5 rings (SSSR count). The zero-order valence-corrected chi connectivity index (χ0v) is 16.6. The van der Waals surface area contributed by atoms with E-state index in [1.807, 2.05) is 71.5 Å². The van der Waals surface area contributed by atoms with E-state index < -0.39 is 5.54 Å².